The Kier molecular flexibility index (Phi) is 5.96. The lowest BCUT2D eigenvalue weighted by Crippen LogP contribution is -2.44. The number of aliphatic carboxylic acids is 1. The zero-order valence-electron chi connectivity index (χ0n) is 14.7. The van der Waals surface area contributed by atoms with Gasteiger partial charge in [0.15, 0.2) is 0 Å². The van der Waals surface area contributed by atoms with Crippen LogP contribution in [0.3, 0.4) is 0 Å². The van der Waals surface area contributed by atoms with Gasteiger partial charge in [-0.25, -0.2) is 0 Å². The lowest BCUT2D eigenvalue weighted by molar-refractivity contribution is -0.136. The number of Topliss-reactive ketones (excluding diaryl/α,β-unsaturated/α-hetero) is 1. The molecule has 3 saturated carbocycles. The van der Waals surface area contributed by atoms with Crippen molar-refractivity contribution >= 4 is 11.8 Å². The number of ketones is 1. The summed E-state index contributed by atoms with van der Waals surface area (Å²) >= 11 is 0. The monoisotopic (exact) mass is 344 g/mol. The third kappa shape index (κ3) is 4.52. The first-order valence-corrected chi connectivity index (χ1v) is 9.63. The van der Waals surface area contributed by atoms with E-state index in [1.807, 2.05) is 0 Å². The molecule has 3 aliphatic rings. The zero-order chi connectivity index (χ0) is 17.8. The normalized spacial score (nSPS) is 36.1. The van der Waals surface area contributed by atoms with Crippen molar-refractivity contribution in [2.45, 2.75) is 70.3 Å². The first kappa shape index (κ1) is 18.2. The Morgan fingerprint density at radius 1 is 1.24 bits per heavy atom. The highest BCUT2D eigenvalue weighted by atomic mass is 16.4. The Bertz CT molecular complexity index is 609. The van der Waals surface area contributed by atoms with E-state index < -0.39 is 5.97 Å². The van der Waals surface area contributed by atoms with E-state index in [1.165, 1.54) is 5.57 Å². The fraction of sp³-hybridized carbons (Fsp3) is 0.714. The summed E-state index contributed by atoms with van der Waals surface area (Å²) in [6.07, 6.45) is 9.50. The summed E-state index contributed by atoms with van der Waals surface area (Å²) in [5.74, 6) is 7.55. The molecule has 0 aromatic rings. The maximum atomic E-state index is 11.5. The summed E-state index contributed by atoms with van der Waals surface area (Å²) in [5, 5.41) is 19.1. The van der Waals surface area contributed by atoms with Crippen molar-refractivity contribution in [3.63, 3.8) is 0 Å². The van der Waals surface area contributed by atoms with E-state index >= 15 is 0 Å². The van der Waals surface area contributed by atoms with Crippen molar-refractivity contribution in [3.8, 4) is 11.8 Å². The van der Waals surface area contributed by atoms with Crippen LogP contribution in [0.5, 0.6) is 0 Å². The molecule has 0 aliphatic heterocycles. The van der Waals surface area contributed by atoms with E-state index in [0.717, 1.165) is 44.9 Å². The molecule has 5 unspecified atom stereocenters. The molecule has 0 spiro atoms. The molecule has 0 bridgehead atoms. The van der Waals surface area contributed by atoms with E-state index in [9.17, 15) is 14.7 Å². The molecule has 4 heteroatoms. The Balaban J connectivity index is 1.54. The van der Waals surface area contributed by atoms with Crippen LogP contribution in [0.15, 0.2) is 11.6 Å². The van der Waals surface area contributed by atoms with Crippen molar-refractivity contribution < 1.29 is 19.8 Å². The minimum absolute atomic E-state index is 0.0367. The number of hydrogen-bond acceptors (Lipinski definition) is 3. The maximum absolute atomic E-state index is 11.5. The average Bonchev–Trinajstić information content (AvgIpc) is 2.54. The van der Waals surface area contributed by atoms with Crippen LogP contribution >= 0.6 is 0 Å². The number of allylic oxidation sites excluding steroid dienone is 2. The van der Waals surface area contributed by atoms with Crippen LogP contribution in [0.1, 0.15) is 64.2 Å². The van der Waals surface area contributed by atoms with E-state index in [4.69, 9.17) is 5.11 Å². The Labute approximate surface area is 149 Å². The smallest absolute Gasteiger partial charge is 0.303 e. The van der Waals surface area contributed by atoms with Gasteiger partial charge in [0.1, 0.15) is 5.78 Å². The molecule has 0 aromatic carbocycles. The Morgan fingerprint density at radius 2 is 2.08 bits per heavy atom. The molecular weight excluding hydrogens is 316 g/mol. The second-order valence-electron chi connectivity index (χ2n) is 7.88. The number of aliphatic hydroxyl groups is 1. The molecule has 3 aliphatic carbocycles. The van der Waals surface area contributed by atoms with Gasteiger partial charge < -0.3 is 10.2 Å². The standard InChI is InChI=1S/C21H28O4/c22-16-7-1-4-14(12-16)5-2-8-18-19-13-15(6-3-9-21(24)25)17(19)10-11-20(18)23/h6,14,17-20,23H,1,3-5,7,9-13H2,(H,24,25)/b15-6+. The molecule has 0 saturated heterocycles. The zero-order valence-corrected chi connectivity index (χ0v) is 14.7. The molecule has 2 N–H and O–H groups in total. The number of carbonyl (C=O) groups excluding carboxylic acids is 1. The van der Waals surface area contributed by atoms with Crippen LogP contribution in [0.2, 0.25) is 0 Å². The van der Waals surface area contributed by atoms with Gasteiger partial charge in [-0.2, -0.15) is 0 Å². The molecule has 0 amide bonds. The van der Waals surface area contributed by atoms with Crippen molar-refractivity contribution in [3.05, 3.63) is 11.6 Å². The Hall–Kier alpha value is -1.60. The molecule has 0 aromatic heterocycles. The summed E-state index contributed by atoms with van der Waals surface area (Å²) in [5.41, 5.74) is 1.36. The van der Waals surface area contributed by atoms with Crippen LogP contribution < -0.4 is 0 Å². The minimum atomic E-state index is -0.753. The number of carbonyl (C=O) groups is 2. The molecule has 5 atom stereocenters. The predicted octanol–water partition coefficient (Wildman–Crippen LogP) is 3.34. The van der Waals surface area contributed by atoms with Gasteiger partial charge >= 0.3 is 5.97 Å². The van der Waals surface area contributed by atoms with E-state index in [2.05, 4.69) is 17.9 Å². The average molecular weight is 344 g/mol. The van der Waals surface area contributed by atoms with Gasteiger partial charge in [0, 0.05) is 31.6 Å². The van der Waals surface area contributed by atoms with Gasteiger partial charge in [0.25, 0.3) is 0 Å². The van der Waals surface area contributed by atoms with Gasteiger partial charge in [0.05, 0.1) is 6.10 Å². The third-order valence-electron chi connectivity index (χ3n) is 6.12. The molecule has 3 rings (SSSR count). The highest BCUT2D eigenvalue weighted by Crippen LogP contribution is 2.51. The first-order chi connectivity index (χ1) is 12.0. The molecule has 0 heterocycles. The molecule has 136 valence electrons. The molecule has 0 radical (unpaired) electrons. The molecule has 3 fully saturated rings. The second kappa shape index (κ2) is 8.19. The lowest BCUT2D eigenvalue weighted by atomic mass is 9.57. The van der Waals surface area contributed by atoms with Crippen molar-refractivity contribution in [2.75, 3.05) is 0 Å². The summed E-state index contributed by atoms with van der Waals surface area (Å²) in [6, 6.07) is 0. The number of fused-ring (bicyclic) bond motifs is 1. The number of carboxylic acids is 1. The Morgan fingerprint density at radius 3 is 2.84 bits per heavy atom. The van der Waals surface area contributed by atoms with Crippen LogP contribution in [0.4, 0.5) is 0 Å². The summed E-state index contributed by atoms with van der Waals surface area (Å²) in [4.78, 5) is 22.2. The highest BCUT2D eigenvalue weighted by molar-refractivity contribution is 5.79. The number of carboxylic acid groups (broad SMARTS) is 1. The largest absolute Gasteiger partial charge is 0.481 e. The lowest BCUT2D eigenvalue weighted by Gasteiger charge is -2.48. The molecule has 25 heavy (non-hydrogen) atoms. The van der Waals surface area contributed by atoms with E-state index in [-0.39, 0.29) is 18.4 Å². The third-order valence-corrected chi connectivity index (χ3v) is 6.12. The summed E-state index contributed by atoms with van der Waals surface area (Å²) in [6.45, 7) is 0. The van der Waals surface area contributed by atoms with Crippen molar-refractivity contribution in [2.24, 2.45) is 23.7 Å². The molecular formula is C21H28O4. The highest BCUT2D eigenvalue weighted by Gasteiger charge is 2.46. The number of aliphatic hydroxyl groups excluding tert-OH is 1. The van der Waals surface area contributed by atoms with Gasteiger partial charge in [-0.1, -0.05) is 17.6 Å². The number of hydrogen-bond donors (Lipinski definition) is 2. The SMILES string of the molecule is O=C(O)CC/C=C1\CC2C1CCC(O)C2C#CCC1CCCC(=O)C1. The number of rotatable bonds is 4. The quantitative estimate of drug-likeness (QED) is 0.606. The van der Waals surface area contributed by atoms with E-state index in [1.54, 1.807) is 0 Å². The van der Waals surface area contributed by atoms with Crippen LogP contribution in [0.25, 0.3) is 0 Å². The molecule has 4 nitrogen and oxygen atoms in total. The second-order valence-corrected chi connectivity index (χ2v) is 7.88. The van der Waals surface area contributed by atoms with Crippen LogP contribution in [-0.2, 0) is 9.59 Å². The summed E-state index contributed by atoms with van der Waals surface area (Å²) < 4.78 is 0. The van der Waals surface area contributed by atoms with Crippen LogP contribution in [0, 0.1) is 35.5 Å². The van der Waals surface area contributed by atoms with E-state index in [0.29, 0.717) is 36.4 Å². The predicted molar refractivity (Wildman–Crippen MR) is 94.6 cm³/mol. The van der Waals surface area contributed by atoms with Crippen molar-refractivity contribution in [1.29, 1.82) is 0 Å². The minimum Gasteiger partial charge on any atom is -0.481 e. The van der Waals surface area contributed by atoms with Gasteiger partial charge in [-0.3, -0.25) is 9.59 Å². The van der Waals surface area contributed by atoms with Crippen molar-refractivity contribution in [1.82, 2.24) is 0 Å². The van der Waals surface area contributed by atoms with Gasteiger partial charge in [0.2, 0.25) is 0 Å². The fourth-order valence-corrected chi connectivity index (χ4v) is 4.70. The first-order valence-electron chi connectivity index (χ1n) is 9.63. The van der Waals surface area contributed by atoms with Crippen LogP contribution in [-0.4, -0.2) is 28.1 Å². The van der Waals surface area contributed by atoms with Gasteiger partial charge in [-0.05, 0) is 56.3 Å². The van der Waals surface area contributed by atoms with Gasteiger partial charge in [-0.15, -0.1) is 5.92 Å². The maximum Gasteiger partial charge on any atom is 0.303 e. The fourth-order valence-electron chi connectivity index (χ4n) is 4.70. The topological polar surface area (TPSA) is 74.6 Å². The summed E-state index contributed by atoms with van der Waals surface area (Å²) in [7, 11) is 0.